The number of hydrogen-bond donors (Lipinski definition) is 1. The molecule has 1 aromatic carbocycles. The van der Waals surface area contributed by atoms with Gasteiger partial charge in [0, 0.05) is 12.3 Å². The number of rotatable bonds is 5. The van der Waals surface area contributed by atoms with Gasteiger partial charge < -0.3 is 9.84 Å². The number of carboxylic acid groups (broad SMARTS) is 1. The minimum Gasteiger partial charge on any atom is -0.481 e. The van der Waals surface area contributed by atoms with Crippen LogP contribution in [0.2, 0.25) is 0 Å². The molecule has 0 saturated heterocycles. The molecular formula is C15H16N2O3. The number of carbonyl (C=O) groups is 1. The van der Waals surface area contributed by atoms with Crippen molar-refractivity contribution >= 4 is 5.97 Å². The summed E-state index contributed by atoms with van der Waals surface area (Å²) in [4.78, 5) is 19.6. The summed E-state index contributed by atoms with van der Waals surface area (Å²) < 4.78 is 5.01. The highest BCUT2D eigenvalue weighted by Crippen LogP contribution is 2.20. The van der Waals surface area contributed by atoms with Crippen molar-refractivity contribution in [3.63, 3.8) is 0 Å². The Bertz CT molecular complexity index is 614. The lowest BCUT2D eigenvalue weighted by Gasteiger charge is -2.12. The quantitative estimate of drug-likeness (QED) is 0.903. The molecular weight excluding hydrogens is 256 g/mol. The van der Waals surface area contributed by atoms with Crippen molar-refractivity contribution in [2.24, 2.45) is 0 Å². The van der Waals surface area contributed by atoms with Gasteiger partial charge in [-0.05, 0) is 18.9 Å². The van der Waals surface area contributed by atoms with E-state index >= 15 is 0 Å². The first-order chi connectivity index (χ1) is 9.60. The zero-order valence-corrected chi connectivity index (χ0v) is 11.4. The van der Waals surface area contributed by atoms with Crippen LogP contribution in [-0.4, -0.2) is 28.2 Å². The predicted octanol–water partition coefficient (Wildman–Crippen LogP) is 2.20. The Morgan fingerprint density at radius 1 is 1.40 bits per heavy atom. The van der Waals surface area contributed by atoms with Crippen LogP contribution in [0.1, 0.15) is 22.9 Å². The van der Waals surface area contributed by atoms with Crippen LogP contribution in [0.25, 0.3) is 0 Å². The third-order valence-corrected chi connectivity index (χ3v) is 2.99. The van der Waals surface area contributed by atoms with E-state index in [4.69, 9.17) is 4.74 Å². The molecule has 0 amide bonds. The maximum atomic E-state index is 11.5. The molecule has 1 unspecified atom stereocenters. The highest BCUT2D eigenvalue weighted by Gasteiger charge is 2.23. The standard InChI is InChI=1S/C15H16N2O3/c1-10-4-3-5-11(8-10)9-12(15(18)19)14-16-7-6-13(17-14)20-2/h3-8,12H,9H2,1-2H3,(H,18,19). The predicted molar refractivity (Wildman–Crippen MR) is 73.8 cm³/mol. The van der Waals surface area contributed by atoms with Crippen LogP contribution in [0, 0.1) is 6.92 Å². The lowest BCUT2D eigenvalue weighted by atomic mass is 9.97. The maximum absolute atomic E-state index is 11.5. The van der Waals surface area contributed by atoms with Crippen LogP contribution in [0.4, 0.5) is 0 Å². The Morgan fingerprint density at radius 3 is 2.85 bits per heavy atom. The third-order valence-electron chi connectivity index (χ3n) is 2.99. The Balaban J connectivity index is 2.29. The summed E-state index contributed by atoms with van der Waals surface area (Å²) >= 11 is 0. The number of ether oxygens (including phenoxy) is 1. The molecule has 0 bridgehead atoms. The zero-order valence-electron chi connectivity index (χ0n) is 11.4. The number of hydrogen-bond acceptors (Lipinski definition) is 4. The number of aryl methyl sites for hydroxylation is 1. The van der Waals surface area contributed by atoms with E-state index in [0.29, 0.717) is 12.3 Å². The SMILES string of the molecule is COc1ccnc(C(Cc2cccc(C)c2)C(=O)O)n1. The molecule has 1 heterocycles. The number of carboxylic acids is 1. The number of nitrogens with zero attached hydrogens (tertiary/aromatic N) is 2. The maximum Gasteiger partial charge on any atom is 0.314 e. The Kier molecular flexibility index (Phi) is 4.30. The van der Waals surface area contributed by atoms with Crippen LogP contribution >= 0.6 is 0 Å². The van der Waals surface area contributed by atoms with Crippen LogP contribution in [0.3, 0.4) is 0 Å². The van der Waals surface area contributed by atoms with Crippen molar-refractivity contribution in [2.75, 3.05) is 7.11 Å². The molecule has 2 rings (SSSR count). The molecule has 2 aromatic rings. The minimum atomic E-state index is -0.945. The van der Waals surface area contributed by atoms with Gasteiger partial charge in [0.25, 0.3) is 0 Å². The molecule has 1 atom stereocenters. The Labute approximate surface area is 117 Å². The summed E-state index contributed by atoms with van der Waals surface area (Å²) in [5.41, 5.74) is 2.04. The fourth-order valence-electron chi connectivity index (χ4n) is 2.00. The van der Waals surface area contributed by atoms with Crippen molar-refractivity contribution in [1.29, 1.82) is 0 Å². The molecule has 0 aliphatic carbocycles. The highest BCUT2D eigenvalue weighted by atomic mass is 16.5. The summed E-state index contributed by atoms with van der Waals surface area (Å²) in [6.45, 7) is 1.97. The van der Waals surface area contributed by atoms with E-state index in [2.05, 4.69) is 9.97 Å². The normalized spacial score (nSPS) is 11.9. The first kappa shape index (κ1) is 14.0. The molecule has 5 heteroatoms. The second kappa shape index (κ2) is 6.14. The van der Waals surface area contributed by atoms with Crippen molar-refractivity contribution < 1.29 is 14.6 Å². The fraction of sp³-hybridized carbons (Fsp3) is 0.267. The molecule has 0 aliphatic heterocycles. The molecule has 1 N–H and O–H groups in total. The molecule has 0 aliphatic rings. The van der Waals surface area contributed by atoms with Gasteiger partial charge in [-0.3, -0.25) is 4.79 Å². The lowest BCUT2D eigenvalue weighted by Crippen LogP contribution is -2.17. The molecule has 0 fully saturated rings. The zero-order chi connectivity index (χ0) is 14.5. The van der Waals surface area contributed by atoms with Gasteiger partial charge in [0.15, 0.2) is 0 Å². The van der Waals surface area contributed by atoms with E-state index in [9.17, 15) is 9.90 Å². The van der Waals surface area contributed by atoms with Gasteiger partial charge in [-0.15, -0.1) is 0 Å². The van der Waals surface area contributed by atoms with Gasteiger partial charge in [0.05, 0.1) is 7.11 Å². The topological polar surface area (TPSA) is 72.3 Å². The largest absolute Gasteiger partial charge is 0.481 e. The molecule has 0 radical (unpaired) electrons. The Morgan fingerprint density at radius 2 is 2.20 bits per heavy atom. The Hall–Kier alpha value is -2.43. The summed E-state index contributed by atoms with van der Waals surface area (Å²) in [5, 5.41) is 9.40. The molecule has 1 aromatic heterocycles. The van der Waals surface area contributed by atoms with E-state index in [1.807, 2.05) is 31.2 Å². The van der Waals surface area contributed by atoms with Gasteiger partial charge in [-0.25, -0.2) is 4.98 Å². The van der Waals surface area contributed by atoms with Gasteiger partial charge in [0.2, 0.25) is 5.88 Å². The molecule has 5 nitrogen and oxygen atoms in total. The molecule has 0 spiro atoms. The van der Waals surface area contributed by atoms with E-state index in [1.54, 1.807) is 6.07 Å². The number of aliphatic carboxylic acids is 1. The minimum absolute atomic E-state index is 0.262. The van der Waals surface area contributed by atoms with Gasteiger partial charge in [-0.1, -0.05) is 29.8 Å². The smallest absolute Gasteiger partial charge is 0.314 e. The van der Waals surface area contributed by atoms with E-state index in [1.165, 1.54) is 13.3 Å². The third kappa shape index (κ3) is 3.32. The summed E-state index contributed by atoms with van der Waals surface area (Å²) in [6, 6.07) is 9.35. The van der Waals surface area contributed by atoms with Crippen LogP contribution in [0.5, 0.6) is 5.88 Å². The number of methoxy groups -OCH3 is 1. The van der Waals surface area contributed by atoms with Crippen LogP contribution in [0.15, 0.2) is 36.5 Å². The molecule has 20 heavy (non-hydrogen) atoms. The molecule has 104 valence electrons. The monoisotopic (exact) mass is 272 g/mol. The molecule has 0 saturated carbocycles. The van der Waals surface area contributed by atoms with E-state index in [-0.39, 0.29) is 5.82 Å². The van der Waals surface area contributed by atoms with Crippen molar-refractivity contribution in [3.05, 3.63) is 53.5 Å². The van der Waals surface area contributed by atoms with E-state index < -0.39 is 11.9 Å². The van der Waals surface area contributed by atoms with Crippen molar-refractivity contribution in [2.45, 2.75) is 19.3 Å². The summed E-state index contributed by atoms with van der Waals surface area (Å²) in [5.74, 6) is -1.10. The lowest BCUT2D eigenvalue weighted by molar-refractivity contribution is -0.139. The number of aromatic nitrogens is 2. The van der Waals surface area contributed by atoms with Gasteiger partial charge >= 0.3 is 5.97 Å². The average molecular weight is 272 g/mol. The van der Waals surface area contributed by atoms with Gasteiger partial charge in [0.1, 0.15) is 11.7 Å². The van der Waals surface area contributed by atoms with E-state index in [0.717, 1.165) is 11.1 Å². The second-order valence-electron chi connectivity index (χ2n) is 4.54. The highest BCUT2D eigenvalue weighted by molar-refractivity contribution is 5.75. The van der Waals surface area contributed by atoms with Crippen molar-refractivity contribution in [1.82, 2.24) is 9.97 Å². The fourth-order valence-corrected chi connectivity index (χ4v) is 2.00. The first-order valence-electron chi connectivity index (χ1n) is 6.25. The number of benzene rings is 1. The summed E-state index contributed by atoms with van der Waals surface area (Å²) in [7, 11) is 1.49. The van der Waals surface area contributed by atoms with Crippen LogP contribution < -0.4 is 4.74 Å². The summed E-state index contributed by atoms with van der Waals surface area (Å²) in [6.07, 6.45) is 1.86. The first-order valence-corrected chi connectivity index (χ1v) is 6.25. The van der Waals surface area contributed by atoms with Gasteiger partial charge in [-0.2, -0.15) is 4.98 Å². The second-order valence-corrected chi connectivity index (χ2v) is 4.54. The van der Waals surface area contributed by atoms with Crippen molar-refractivity contribution in [3.8, 4) is 5.88 Å². The van der Waals surface area contributed by atoms with Crippen LogP contribution in [-0.2, 0) is 11.2 Å². The average Bonchev–Trinajstić information content (AvgIpc) is 2.44.